The van der Waals surface area contributed by atoms with Gasteiger partial charge < -0.3 is 10.4 Å². The Morgan fingerprint density at radius 2 is 1.92 bits per heavy atom. The Labute approximate surface area is 158 Å². The van der Waals surface area contributed by atoms with Crippen LogP contribution in [0.4, 0.5) is 5.69 Å². The molecular weight excluding hydrogens is 429 g/mol. The Balaban J connectivity index is 1.57. The fourth-order valence-corrected chi connectivity index (χ4v) is 2.92. The smallest absolute Gasteiger partial charge is 0.259 e. The number of aromatic hydroxyl groups is 1. The van der Waals surface area contributed by atoms with Gasteiger partial charge in [-0.2, -0.15) is 5.10 Å². The van der Waals surface area contributed by atoms with Gasteiger partial charge in [-0.25, -0.2) is 5.43 Å². The van der Waals surface area contributed by atoms with Crippen LogP contribution in [0.15, 0.2) is 65.8 Å². The zero-order valence-corrected chi connectivity index (χ0v) is 15.4. The number of fused-ring (bicyclic) bond motifs is 1. The van der Waals surface area contributed by atoms with Crippen LogP contribution in [0.2, 0.25) is 0 Å². The molecule has 126 valence electrons. The van der Waals surface area contributed by atoms with Gasteiger partial charge in [0.1, 0.15) is 5.75 Å². The summed E-state index contributed by atoms with van der Waals surface area (Å²) < 4.78 is 0.727. The van der Waals surface area contributed by atoms with Crippen molar-refractivity contribution in [2.24, 2.45) is 5.10 Å². The first-order valence-corrected chi connectivity index (χ1v) is 8.73. The molecule has 0 aliphatic rings. The molecule has 0 aliphatic heterocycles. The molecule has 0 aromatic heterocycles. The van der Waals surface area contributed by atoms with E-state index in [4.69, 9.17) is 0 Å². The monoisotopic (exact) mass is 445 g/mol. The molecule has 25 heavy (non-hydrogen) atoms. The molecule has 0 unspecified atom stereocenters. The van der Waals surface area contributed by atoms with E-state index in [0.717, 1.165) is 25.6 Å². The quantitative estimate of drug-likeness (QED) is 0.319. The van der Waals surface area contributed by atoms with E-state index in [1.165, 1.54) is 6.21 Å². The minimum absolute atomic E-state index is 0.123. The predicted octanol–water partition coefficient (Wildman–Crippen LogP) is 3.71. The number of anilines is 1. The van der Waals surface area contributed by atoms with Gasteiger partial charge in [-0.15, -0.1) is 0 Å². The Bertz CT molecular complexity index is 936. The lowest BCUT2D eigenvalue weighted by molar-refractivity contribution is -0.119. The lowest BCUT2D eigenvalue weighted by Crippen LogP contribution is -2.25. The van der Waals surface area contributed by atoms with Crippen molar-refractivity contribution in [3.63, 3.8) is 0 Å². The molecule has 3 rings (SSSR count). The summed E-state index contributed by atoms with van der Waals surface area (Å²) in [5, 5.41) is 18.7. The molecule has 0 bridgehead atoms. The summed E-state index contributed by atoms with van der Waals surface area (Å²) in [5.74, 6) is -0.0151. The molecule has 6 heteroatoms. The number of hydrogen-bond donors (Lipinski definition) is 3. The predicted molar refractivity (Wildman–Crippen MR) is 109 cm³/mol. The van der Waals surface area contributed by atoms with Crippen LogP contribution in [-0.2, 0) is 4.79 Å². The third kappa shape index (κ3) is 4.48. The van der Waals surface area contributed by atoms with Crippen molar-refractivity contribution in [2.45, 2.75) is 0 Å². The molecule has 0 heterocycles. The van der Waals surface area contributed by atoms with Gasteiger partial charge in [0.15, 0.2) is 0 Å². The highest BCUT2D eigenvalue weighted by Gasteiger charge is 2.03. The van der Waals surface area contributed by atoms with Gasteiger partial charge in [-0.1, -0.05) is 36.4 Å². The highest BCUT2D eigenvalue weighted by molar-refractivity contribution is 14.1. The van der Waals surface area contributed by atoms with Gasteiger partial charge in [0, 0.05) is 11.1 Å². The second-order valence-corrected chi connectivity index (χ2v) is 6.55. The zero-order valence-electron chi connectivity index (χ0n) is 13.2. The van der Waals surface area contributed by atoms with Crippen molar-refractivity contribution in [1.29, 1.82) is 0 Å². The number of benzene rings is 3. The average Bonchev–Trinajstić information content (AvgIpc) is 2.63. The Morgan fingerprint density at radius 3 is 2.76 bits per heavy atom. The topological polar surface area (TPSA) is 73.7 Å². The summed E-state index contributed by atoms with van der Waals surface area (Å²) in [5.41, 5.74) is 4.19. The molecule has 5 nitrogen and oxygen atoms in total. The lowest BCUT2D eigenvalue weighted by Gasteiger charge is -2.08. The maximum Gasteiger partial charge on any atom is 0.259 e. The molecule has 0 radical (unpaired) electrons. The standard InChI is InChI=1S/C19H16IN3O2/c20-16-10-13(8-9-18(16)24)11-22-23-19(25)12-21-17-7-3-5-14-4-1-2-6-15(14)17/h1-11,21,24H,12H2,(H,23,25)/b22-11+. The van der Waals surface area contributed by atoms with E-state index in [1.807, 2.05) is 65.1 Å². The van der Waals surface area contributed by atoms with E-state index in [0.29, 0.717) is 0 Å². The third-order valence-electron chi connectivity index (χ3n) is 3.60. The number of phenols is 1. The zero-order chi connectivity index (χ0) is 17.6. The molecule has 3 aromatic carbocycles. The van der Waals surface area contributed by atoms with Gasteiger partial charge in [-0.05, 0) is 57.8 Å². The number of hydrogen-bond acceptors (Lipinski definition) is 4. The number of phenolic OH excluding ortho intramolecular Hbond substituents is 1. The first kappa shape index (κ1) is 17.2. The molecule has 0 saturated heterocycles. The van der Waals surface area contributed by atoms with E-state index in [2.05, 4.69) is 15.8 Å². The highest BCUT2D eigenvalue weighted by Crippen LogP contribution is 2.22. The van der Waals surface area contributed by atoms with Crippen molar-refractivity contribution < 1.29 is 9.90 Å². The fraction of sp³-hybridized carbons (Fsp3) is 0.0526. The largest absolute Gasteiger partial charge is 0.507 e. The summed E-state index contributed by atoms with van der Waals surface area (Å²) in [4.78, 5) is 11.9. The van der Waals surface area contributed by atoms with Gasteiger partial charge in [-0.3, -0.25) is 4.79 Å². The van der Waals surface area contributed by atoms with Crippen molar-refractivity contribution in [1.82, 2.24) is 5.43 Å². The van der Waals surface area contributed by atoms with Crippen LogP contribution in [0.3, 0.4) is 0 Å². The van der Waals surface area contributed by atoms with Gasteiger partial charge in [0.2, 0.25) is 0 Å². The summed E-state index contributed by atoms with van der Waals surface area (Å²) >= 11 is 2.03. The summed E-state index contributed by atoms with van der Waals surface area (Å²) in [6.45, 7) is 0.123. The number of hydrazone groups is 1. The minimum Gasteiger partial charge on any atom is -0.507 e. The van der Waals surface area contributed by atoms with Crippen LogP contribution >= 0.6 is 22.6 Å². The van der Waals surface area contributed by atoms with Crippen LogP contribution < -0.4 is 10.7 Å². The number of nitrogens with zero attached hydrogens (tertiary/aromatic N) is 1. The summed E-state index contributed by atoms with van der Waals surface area (Å²) in [6, 6.07) is 19.0. The molecule has 0 aliphatic carbocycles. The molecule has 0 saturated carbocycles. The number of amides is 1. The summed E-state index contributed by atoms with van der Waals surface area (Å²) in [6.07, 6.45) is 1.54. The molecule has 3 N–H and O–H groups in total. The van der Waals surface area contributed by atoms with E-state index in [-0.39, 0.29) is 18.2 Å². The lowest BCUT2D eigenvalue weighted by atomic mass is 10.1. The van der Waals surface area contributed by atoms with Crippen molar-refractivity contribution in [3.8, 4) is 5.75 Å². The maximum atomic E-state index is 11.9. The number of carbonyl (C=O) groups is 1. The summed E-state index contributed by atoms with van der Waals surface area (Å²) in [7, 11) is 0. The van der Waals surface area contributed by atoms with Crippen molar-refractivity contribution in [2.75, 3.05) is 11.9 Å². The van der Waals surface area contributed by atoms with Gasteiger partial charge in [0.25, 0.3) is 5.91 Å². The van der Waals surface area contributed by atoms with Crippen LogP contribution in [0.1, 0.15) is 5.56 Å². The minimum atomic E-state index is -0.238. The molecule has 0 spiro atoms. The molecule has 0 atom stereocenters. The number of nitrogens with one attached hydrogen (secondary N) is 2. The van der Waals surface area contributed by atoms with Crippen molar-refractivity contribution >= 4 is 51.2 Å². The van der Waals surface area contributed by atoms with Crippen molar-refractivity contribution in [3.05, 3.63) is 69.8 Å². The number of rotatable bonds is 5. The van der Waals surface area contributed by atoms with Gasteiger partial charge in [0.05, 0.1) is 16.3 Å². The molecule has 3 aromatic rings. The SMILES string of the molecule is O=C(CNc1cccc2ccccc12)N/N=C/c1ccc(O)c(I)c1. The number of halogens is 1. The van der Waals surface area contributed by atoms with E-state index < -0.39 is 0 Å². The average molecular weight is 445 g/mol. The molecule has 0 fully saturated rings. The number of carbonyl (C=O) groups excluding carboxylic acids is 1. The second kappa shape index (κ2) is 7.98. The molecular formula is C19H16IN3O2. The second-order valence-electron chi connectivity index (χ2n) is 5.38. The Kier molecular flexibility index (Phi) is 5.49. The van der Waals surface area contributed by atoms with E-state index in [1.54, 1.807) is 18.2 Å². The first-order chi connectivity index (χ1) is 12.1. The van der Waals surface area contributed by atoms with Gasteiger partial charge >= 0.3 is 0 Å². The van der Waals surface area contributed by atoms with Crippen LogP contribution in [0.5, 0.6) is 5.75 Å². The van der Waals surface area contributed by atoms with E-state index >= 15 is 0 Å². The molecule has 1 amide bonds. The fourth-order valence-electron chi connectivity index (χ4n) is 2.38. The highest BCUT2D eigenvalue weighted by atomic mass is 127. The maximum absolute atomic E-state index is 11.9. The van der Waals surface area contributed by atoms with Crippen LogP contribution in [0, 0.1) is 3.57 Å². The van der Waals surface area contributed by atoms with E-state index in [9.17, 15) is 9.90 Å². The Hall–Kier alpha value is -2.61. The first-order valence-electron chi connectivity index (χ1n) is 7.65. The van der Waals surface area contributed by atoms with Crippen LogP contribution in [0.25, 0.3) is 10.8 Å². The normalized spacial score (nSPS) is 10.9. The third-order valence-corrected chi connectivity index (χ3v) is 4.47. The Morgan fingerprint density at radius 1 is 1.12 bits per heavy atom. The van der Waals surface area contributed by atoms with Crippen LogP contribution in [-0.4, -0.2) is 23.8 Å².